The summed E-state index contributed by atoms with van der Waals surface area (Å²) in [4.78, 5) is 43.8. The second-order valence-corrected chi connectivity index (χ2v) is 7.55. The molecule has 1 aromatic carbocycles. The van der Waals surface area contributed by atoms with Crippen molar-refractivity contribution in [3.63, 3.8) is 0 Å². The van der Waals surface area contributed by atoms with Crippen LogP contribution in [0.3, 0.4) is 0 Å². The number of imidazole rings is 1. The normalized spacial score (nSPS) is 15.8. The van der Waals surface area contributed by atoms with Crippen LogP contribution in [-0.4, -0.2) is 70.0 Å². The van der Waals surface area contributed by atoms with E-state index in [1.165, 1.54) is 21.7 Å². The van der Waals surface area contributed by atoms with Crippen molar-refractivity contribution in [3.05, 3.63) is 59.0 Å². The maximum atomic E-state index is 13.1. The smallest absolute Gasteiger partial charge is 0.274 e. The van der Waals surface area contributed by atoms with Gasteiger partial charge in [-0.3, -0.25) is 14.4 Å². The Bertz CT molecular complexity index is 1160. The summed E-state index contributed by atoms with van der Waals surface area (Å²) < 4.78 is 7.09. The second-order valence-electron chi connectivity index (χ2n) is 7.11. The molecule has 4 rings (SSSR count). The van der Waals surface area contributed by atoms with Crippen molar-refractivity contribution in [1.82, 2.24) is 30.1 Å². The van der Waals surface area contributed by atoms with Gasteiger partial charge in [0.15, 0.2) is 11.3 Å². The van der Waals surface area contributed by atoms with Gasteiger partial charge in [0, 0.05) is 24.3 Å². The zero-order valence-corrected chi connectivity index (χ0v) is 17.8. The highest BCUT2D eigenvalue weighted by Crippen LogP contribution is 2.23. The molecule has 0 saturated carbocycles. The highest BCUT2D eigenvalue weighted by Gasteiger charge is 2.23. The Morgan fingerprint density at radius 2 is 2.03 bits per heavy atom. The van der Waals surface area contributed by atoms with Gasteiger partial charge >= 0.3 is 0 Å². The third-order valence-electron chi connectivity index (χ3n) is 4.88. The van der Waals surface area contributed by atoms with Gasteiger partial charge in [0.2, 0.25) is 5.91 Å². The molecule has 1 aliphatic heterocycles. The van der Waals surface area contributed by atoms with E-state index in [0.717, 1.165) is 0 Å². The predicted molar refractivity (Wildman–Crippen MR) is 116 cm³/mol. The summed E-state index contributed by atoms with van der Waals surface area (Å²) in [6.45, 7) is 0.770. The van der Waals surface area contributed by atoms with E-state index in [4.69, 9.17) is 16.3 Å². The molecule has 3 heterocycles. The minimum Gasteiger partial charge on any atom is -0.491 e. The molecule has 0 spiro atoms. The Morgan fingerprint density at radius 3 is 2.91 bits per heavy atom. The lowest BCUT2D eigenvalue weighted by Gasteiger charge is -2.22. The predicted octanol–water partition coefficient (Wildman–Crippen LogP) is 1.15. The summed E-state index contributed by atoms with van der Waals surface area (Å²) >= 11 is 6.03. The summed E-state index contributed by atoms with van der Waals surface area (Å²) in [6.07, 6.45) is 3.43. The number of ether oxygens (including phenoxy) is 1. The number of benzene rings is 1. The first-order valence-corrected chi connectivity index (χ1v) is 10.5. The van der Waals surface area contributed by atoms with Gasteiger partial charge < -0.3 is 20.3 Å². The van der Waals surface area contributed by atoms with Crippen LogP contribution >= 0.6 is 11.6 Å². The minimum atomic E-state index is -0.377. The molecular weight excluding hydrogens is 436 g/mol. The Hall–Kier alpha value is -3.66. The van der Waals surface area contributed by atoms with Crippen molar-refractivity contribution in [2.45, 2.75) is 6.42 Å². The van der Waals surface area contributed by atoms with Crippen LogP contribution in [0, 0.1) is 0 Å². The molecule has 0 saturated heterocycles. The Morgan fingerprint density at radius 1 is 1.16 bits per heavy atom. The lowest BCUT2D eigenvalue weighted by Crippen LogP contribution is -2.43. The number of halogens is 1. The van der Waals surface area contributed by atoms with Gasteiger partial charge in [-0.25, -0.2) is 9.50 Å². The van der Waals surface area contributed by atoms with E-state index >= 15 is 0 Å². The minimum absolute atomic E-state index is 0.140. The Kier molecular flexibility index (Phi) is 6.50. The van der Waals surface area contributed by atoms with Crippen molar-refractivity contribution in [2.24, 2.45) is 0 Å². The van der Waals surface area contributed by atoms with Crippen molar-refractivity contribution >= 4 is 35.0 Å². The molecule has 32 heavy (non-hydrogen) atoms. The maximum absolute atomic E-state index is 13.1. The summed E-state index contributed by atoms with van der Waals surface area (Å²) in [5.41, 5.74) is 1.10. The fourth-order valence-electron chi connectivity index (χ4n) is 3.34. The van der Waals surface area contributed by atoms with E-state index in [2.05, 4.69) is 20.7 Å². The van der Waals surface area contributed by atoms with Crippen LogP contribution in [-0.2, 0) is 4.79 Å². The maximum Gasteiger partial charge on any atom is 0.274 e. The van der Waals surface area contributed by atoms with E-state index in [-0.39, 0.29) is 49.7 Å². The molecule has 0 unspecified atom stereocenters. The van der Waals surface area contributed by atoms with Gasteiger partial charge in [0.05, 0.1) is 24.8 Å². The lowest BCUT2D eigenvalue weighted by atomic mass is 10.2. The van der Waals surface area contributed by atoms with Crippen molar-refractivity contribution in [1.29, 1.82) is 0 Å². The SMILES string of the molecule is O=C1CN(C(=O)c2cnc3cccnn23)CCCNC(=O)c2cc(Cl)ccc2OCCN1. The molecule has 2 N–H and O–H groups in total. The molecule has 0 radical (unpaired) electrons. The molecule has 11 heteroatoms. The summed E-state index contributed by atoms with van der Waals surface area (Å²) in [5.74, 6) is -0.637. The fourth-order valence-corrected chi connectivity index (χ4v) is 3.51. The molecule has 0 fully saturated rings. The number of rotatable bonds is 1. The van der Waals surface area contributed by atoms with Crippen LogP contribution < -0.4 is 15.4 Å². The number of hydrogen-bond donors (Lipinski definition) is 2. The summed E-state index contributed by atoms with van der Waals surface area (Å²) in [5, 5.41) is 10.1. The van der Waals surface area contributed by atoms with Gasteiger partial charge in [0.1, 0.15) is 12.4 Å². The molecule has 2 aromatic heterocycles. The number of amides is 3. The second kappa shape index (κ2) is 9.65. The number of carbonyl (C=O) groups is 3. The topological polar surface area (TPSA) is 118 Å². The first kappa shape index (κ1) is 21.6. The zero-order chi connectivity index (χ0) is 22.5. The highest BCUT2D eigenvalue weighted by atomic mass is 35.5. The summed E-state index contributed by atoms with van der Waals surface area (Å²) in [6, 6.07) is 8.24. The largest absolute Gasteiger partial charge is 0.491 e. The van der Waals surface area contributed by atoms with Crippen LogP contribution in [0.25, 0.3) is 5.65 Å². The molecule has 166 valence electrons. The quantitative estimate of drug-likeness (QED) is 0.567. The average Bonchev–Trinajstić information content (AvgIpc) is 3.22. The Balaban J connectivity index is 1.52. The van der Waals surface area contributed by atoms with Crippen LogP contribution in [0.4, 0.5) is 0 Å². The third-order valence-corrected chi connectivity index (χ3v) is 5.11. The van der Waals surface area contributed by atoms with Crippen molar-refractivity contribution < 1.29 is 19.1 Å². The van der Waals surface area contributed by atoms with E-state index in [1.807, 2.05) is 0 Å². The van der Waals surface area contributed by atoms with E-state index in [9.17, 15) is 14.4 Å². The van der Waals surface area contributed by atoms with E-state index in [1.54, 1.807) is 30.5 Å². The van der Waals surface area contributed by atoms with E-state index in [0.29, 0.717) is 34.9 Å². The fraction of sp³-hybridized carbons (Fsp3) is 0.286. The van der Waals surface area contributed by atoms with Crippen LogP contribution in [0.15, 0.2) is 42.7 Å². The average molecular weight is 457 g/mol. The van der Waals surface area contributed by atoms with Gasteiger partial charge in [0.25, 0.3) is 11.8 Å². The molecule has 0 atom stereocenters. The van der Waals surface area contributed by atoms with Crippen LogP contribution in [0.1, 0.15) is 27.3 Å². The highest BCUT2D eigenvalue weighted by molar-refractivity contribution is 6.31. The molecule has 3 amide bonds. The van der Waals surface area contributed by atoms with Gasteiger partial charge in [-0.2, -0.15) is 5.10 Å². The molecule has 10 nitrogen and oxygen atoms in total. The zero-order valence-electron chi connectivity index (χ0n) is 17.1. The molecule has 3 aromatic rings. The number of fused-ring (bicyclic) bond motifs is 2. The molecule has 1 aliphatic rings. The van der Waals surface area contributed by atoms with Gasteiger partial charge in [-0.05, 0) is 36.8 Å². The van der Waals surface area contributed by atoms with Gasteiger partial charge in [-0.15, -0.1) is 0 Å². The van der Waals surface area contributed by atoms with Crippen LogP contribution in [0.2, 0.25) is 5.02 Å². The lowest BCUT2D eigenvalue weighted by molar-refractivity contribution is -0.121. The van der Waals surface area contributed by atoms with Gasteiger partial charge in [-0.1, -0.05) is 11.6 Å². The molecular formula is C21H21ClN6O4. The standard InChI is InChI=1S/C21H21ClN6O4/c22-14-4-5-17-15(11-14)20(30)24-6-2-9-27(13-19(29)23-8-10-32-17)21(31)16-12-25-18-3-1-7-26-28(16)18/h1,3-5,7,11-12H,2,6,8-10,13H2,(H,23,29)(H,24,30). The third kappa shape index (κ3) is 4.80. The monoisotopic (exact) mass is 456 g/mol. The first-order valence-electron chi connectivity index (χ1n) is 10.1. The number of aromatic nitrogens is 3. The number of hydrogen-bond acceptors (Lipinski definition) is 6. The summed E-state index contributed by atoms with van der Waals surface area (Å²) in [7, 11) is 0. The van der Waals surface area contributed by atoms with Crippen LogP contribution in [0.5, 0.6) is 5.75 Å². The molecule has 0 aliphatic carbocycles. The Labute approximate surface area is 188 Å². The van der Waals surface area contributed by atoms with Crippen molar-refractivity contribution in [3.8, 4) is 5.75 Å². The van der Waals surface area contributed by atoms with Crippen molar-refractivity contribution in [2.75, 3.05) is 32.8 Å². The number of nitrogens with zero attached hydrogens (tertiary/aromatic N) is 4. The number of nitrogens with one attached hydrogen (secondary N) is 2. The van der Waals surface area contributed by atoms with E-state index < -0.39 is 0 Å². The molecule has 0 bridgehead atoms. The number of carbonyl (C=O) groups excluding carboxylic acids is 3. The first-order chi connectivity index (χ1) is 15.5.